The zero-order chi connectivity index (χ0) is 22.5. The van der Waals surface area contributed by atoms with Crippen LogP contribution in [0.2, 0.25) is 0 Å². The SMILES string of the molecule is COc1ccc(CN2CCN(C(=O)[C@H](CC(C)C)NC(=O)[C@H]3O[C@@H]3C(=O)O)CC2)cc1. The number of epoxide rings is 1. The average molecular weight is 434 g/mol. The fourth-order valence-electron chi connectivity index (χ4n) is 3.78. The van der Waals surface area contributed by atoms with Gasteiger partial charge >= 0.3 is 5.97 Å². The van der Waals surface area contributed by atoms with E-state index in [1.165, 1.54) is 5.56 Å². The van der Waals surface area contributed by atoms with Crippen LogP contribution in [0.15, 0.2) is 24.3 Å². The first-order chi connectivity index (χ1) is 14.8. The highest BCUT2D eigenvalue weighted by molar-refractivity contribution is 5.95. The second-order valence-electron chi connectivity index (χ2n) is 8.46. The first kappa shape index (κ1) is 23.0. The topological polar surface area (TPSA) is 112 Å². The Morgan fingerprint density at radius 1 is 1.13 bits per heavy atom. The molecule has 2 aliphatic rings. The predicted octanol–water partition coefficient (Wildman–Crippen LogP) is 0.722. The highest BCUT2D eigenvalue weighted by Crippen LogP contribution is 2.23. The largest absolute Gasteiger partial charge is 0.497 e. The van der Waals surface area contributed by atoms with E-state index in [0.29, 0.717) is 19.5 Å². The van der Waals surface area contributed by atoms with Crippen molar-refractivity contribution in [2.75, 3.05) is 33.3 Å². The van der Waals surface area contributed by atoms with Gasteiger partial charge < -0.3 is 24.8 Å². The van der Waals surface area contributed by atoms with E-state index in [-0.39, 0.29) is 11.8 Å². The predicted molar refractivity (Wildman–Crippen MR) is 113 cm³/mol. The summed E-state index contributed by atoms with van der Waals surface area (Å²) in [5, 5.41) is 11.6. The number of amides is 2. The minimum absolute atomic E-state index is 0.126. The van der Waals surface area contributed by atoms with Gasteiger partial charge in [-0.05, 0) is 30.0 Å². The Hall–Kier alpha value is -2.65. The lowest BCUT2D eigenvalue weighted by Crippen LogP contribution is -2.55. The molecule has 3 atom stereocenters. The molecule has 31 heavy (non-hydrogen) atoms. The fourth-order valence-corrected chi connectivity index (χ4v) is 3.78. The molecule has 1 aromatic rings. The number of carbonyl (C=O) groups is 3. The number of ether oxygens (including phenoxy) is 2. The Labute approximate surface area is 182 Å². The first-order valence-electron chi connectivity index (χ1n) is 10.6. The quantitative estimate of drug-likeness (QED) is 0.552. The molecule has 2 aliphatic heterocycles. The molecule has 9 heteroatoms. The number of nitrogens with one attached hydrogen (secondary N) is 1. The summed E-state index contributed by atoms with van der Waals surface area (Å²) in [7, 11) is 1.64. The van der Waals surface area contributed by atoms with Crippen LogP contribution < -0.4 is 10.1 Å². The Kier molecular flexibility index (Phi) is 7.50. The van der Waals surface area contributed by atoms with E-state index in [9.17, 15) is 14.4 Å². The van der Waals surface area contributed by atoms with Crippen molar-refractivity contribution in [3.63, 3.8) is 0 Å². The number of hydrogen-bond donors (Lipinski definition) is 2. The number of carboxylic acids is 1. The van der Waals surface area contributed by atoms with Crippen molar-refractivity contribution in [1.82, 2.24) is 15.1 Å². The molecule has 3 rings (SSSR count). The van der Waals surface area contributed by atoms with E-state index in [1.807, 2.05) is 38.1 Å². The van der Waals surface area contributed by atoms with Crippen LogP contribution in [0.5, 0.6) is 5.75 Å². The van der Waals surface area contributed by atoms with E-state index in [1.54, 1.807) is 12.0 Å². The molecule has 2 heterocycles. The van der Waals surface area contributed by atoms with Crippen molar-refractivity contribution in [3.8, 4) is 5.75 Å². The number of methoxy groups -OCH3 is 1. The van der Waals surface area contributed by atoms with Gasteiger partial charge in [-0.25, -0.2) is 4.79 Å². The third kappa shape index (κ3) is 6.18. The van der Waals surface area contributed by atoms with Crippen LogP contribution in [-0.2, 0) is 25.7 Å². The van der Waals surface area contributed by atoms with Gasteiger partial charge in [0.2, 0.25) is 5.91 Å². The van der Waals surface area contributed by atoms with Crippen molar-refractivity contribution in [2.24, 2.45) is 5.92 Å². The monoisotopic (exact) mass is 433 g/mol. The van der Waals surface area contributed by atoms with Gasteiger partial charge in [-0.2, -0.15) is 0 Å². The van der Waals surface area contributed by atoms with Crippen molar-refractivity contribution < 1.29 is 29.0 Å². The van der Waals surface area contributed by atoms with Crippen LogP contribution >= 0.6 is 0 Å². The molecule has 0 spiro atoms. The van der Waals surface area contributed by atoms with E-state index >= 15 is 0 Å². The Balaban J connectivity index is 1.52. The molecule has 0 saturated carbocycles. The summed E-state index contributed by atoms with van der Waals surface area (Å²) in [5.41, 5.74) is 1.18. The summed E-state index contributed by atoms with van der Waals surface area (Å²) in [5.74, 6) is -0.812. The molecule has 2 fully saturated rings. The van der Waals surface area contributed by atoms with E-state index < -0.39 is 30.1 Å². The highest BCUT2D eigenvalue weighted by atomic mass is 16.6. The van der Waals surface area contributed by atoms with Gasteiger partial charge in [0.1, 0.15) is 11.8 Å². The van der Waals surface area contributed by atoms with Gasteiger partial charge in [0, 0.05) is 32.7 Å². The molecule has 0 radical (unpaired) electrons. The maximum Gasteiger partial charge on any atom is 0.336 e. The minimum Gasteiger partial charge on any atom is -0.497 e. The van der Waals surface area contributed by atoms with Gasteiger partial charge in [0.05, 0.1) is 7.11 Å². The molecule has 0 aromatic heterocycles. The molecule has 1 aromatic carbocycles. The summed E-state index contributed by atoms with van der Waals surface area (Å²) < 4.78 is 10.1. The fraction of sp³-hybridized carbons (Fsp3) is 0.591. The van der Waals surface area contributed by atoms with Gasteiger partial charge in [-0.3, -0.25) is 14.5 Å². The number of rotatable bonds is 9. The number of carbonyl (C=O) groups excluding carboxylic acids is 2. The van der Waals surface area contributed by atoms with E-state index in [0.717, 1.165) is 25.4 Å². The molecule has 2 amide bonds. The van der Waals surface area contributed by atoms with Crippen LogP contribution in [0.4, 0.5) is 0 Å². The van der Waals surface area contributed by atoms with Crippen molar-refractivity contribution in [2.45, 2.75) is 45.1 Å². The highest BCUT2D eigenvalue weighted by Gasteiger charge is 2.51. The summed E-state index contributed by atoms with van der Waals surface area (Å²) in [6.07, 6.45) is -1.64. The molecular weight excluding hydrogens is 402 g/mol. The van der Waals surface area contributed by atoms with Crippen LogP contribution in [0.1, 0.15) is 25.8 Å². The lowest BCUT2D eigenvalue weighted by molar-refractivity contribution is -0.138. The van der Waals surface area contributed by atoms with Crippen molar-refractivity contribution >= 4 is 17.8 Å². The van der Waals surface area contributed by atoms with Crippen LogP contribution in [-0.4, -0.2) is 84.2 Å². The first-order valence-corrected chi connectivity index (χ1v) is 10.6. The standard InChI is InChI=1S/C22H31N3O6/c1-14(2)12-17(23-20(26)18-19(31-18)22(28)29)21(27)25-10-8-24(9-11-25)13-15-4-6-16(30-3)7-5-15/h4-7,14,17-19H,8-13H2,1-3H3,(H,23,26)(H,28,29)/t17-,18-,19-/m0/s1. The third-order valence-corrected chi connectivity index (χ3v) is 5.56. The summed E-state index contributed by atoms with van der Waals surface area (Å²) in [6, 6.07) is 7.27. The number of piperazine rings is 1. The molecule has 0 aliphatic carbocycles. The summed E-state index contributed by atoms with van der Waals surface area (Å²) in [4.78, 5) is 40.4. The normalized spacial score (nSPS) is 22.1. The maximum absolute atomic E-state index is 13.1. The van der Waals surface area contributed by atoms with Crippen molar-refractivity contribution in [3.05, 3.63) is 29.8 Å². The average Bonchev–Trinajstić information content (AvgIpc) is 3.55. The molecule has 2 saturated heterocycles. The zero-order valence-electron chi connectivity index (χ0n) is 18.2. The molecule has 170 valence electrons. The molecule has 0 bridgehead atoms. The third-order valence-electron chi connectivity index (χ3n) is 5.56. The Bertz CT molecular complexity index is 789. The van der Waals surface area contributed by atoms with Crippen molar-refractivity contribution in [1.29, 1.82) is 0 Å². The maximum atomic E-state index is 13.1. The van der Waals surface area contributed by atoms with Gasteiger partial charge in [0.15, 0.2) is 12.2 Å². The Morgan fingerprint density at radius 2 is 1.77 bits per heavy atom. The van der Waals surface area contributed by atoms with E-state index in [4.69, 9.17) is 14.6 Å². The number of benzene rings is 1. The number of aliphatic carboxylic acids is 1. The Morgan fingerprint density at radius 3 is 2.29 bits per heavy atom. The second kappa shape index (κ2) is 10.1. The lowest BCUT2D eigenvalue weighted by atomic mass is 10.0. The number of hydrogen-bond acceptors (Lipinski definition) is 6. The molecular formula is C22H31N3O6. The minimum atomic E-state index is -1.17. The van der Waals surface area contributed by atoms with Gasteiger partial charge in [0.25, 0.3) is 5.91 Å². The van der Waals surface area contributed by atoms with E-state index in [2.05, 4.69) is 10.2 Å². The molecule has 9 nitrogen and oxygen atoms in total. The number of carboxylic acid groups (broad SMARTS) is 1. The van der Waals surface area contributed by atoms with Crippen LogP contribution in [0.3, 0.4) is 0 Å². The number of nitrogens with zero attached hydrogens (tertiary/aromatic N) is 2. The van der Waals surface area contributed by atoms with Crippen LogP contribution in [0, 0.1) is 5.92 Å². The smallest absolute Gasteiger partial charge is 0.336 e. The molecule has 2 N–H and O–H groups in total. The second-order valence-corrected chi connectivity index (χ2v) is 8.46. The van der Waals surface area contributed by atoms with Gasteiger partial charge in [-0.15, -0.1) is 0 Å². The summed E-state index contributed by atoms with van der Waals surface area (Å²) in [6.45, 7) is 7.40. The van der Waals surface area contributed by atoms with Crippen LogP contribution in [0.25, 0.3) is 0 Å². The lowest BCUT2D eigenvalue weighted by Gasteiger charge is -2.36. The molecule has 0 unspecified atom stereocenters. The van der Waals surface area contributed by atoms with Gasteiger partial charge in [-0.1, -0.05) is 26.0 Å². The zero-order valence-corrected chi connectivity index (χ0v) is 18.2. The summed E-state index contributed by atoms with van der Waals surface area (Å²) >= 11 is 0.